The van der Waals surface area contributed by atoms with Gasteiger partial charge in [0.1, 0.15) is 15.6 Å². The van der Waals surface area contributed by atoms with E-state index in [1.54, 1.807) is 25.1 Å². The first-order valence-electron chi connectivity index (χ1n) is 7.03. The fourth-order valence-corrected chi connectivity index (χ4v) is 4.65. The van der Waals surface area contributed by atoms with Crippen molar-refractivity contribution in [2.75, 3.05) is 6.61 Å². The van der Waals surface area contributed by atoms with Gasteiger partial charge in [0.25, 0.3) is 0 Å². The third kappa shape index (κ3) is 2.94. The number of nitriles is 1. The Bertz CT molecular complexity index is 1030. The summed E-state index contributed by atoms with van der Waals surface area (Å²) in [6.45, 7) is 2.05. The molecule has 0 spiro atoms. The van der Waals surface area contributed by atoms with Crippen molar-refractivity contribution >= 4 is 49.6 Å². The van der Waals surface area contributed by atoms with Gasteiger partial charge >= 0.3 is 5.97 Å². The lowest BCUT2D eigenvalue weighted by Crippen LogP contribution is -2.03. The molecule has 0 aliphatic carbocycles. The highest BCUT2D eigenvalue weighted by Gasteiger charge is 2.18. The maximum atomic E-state index is 12.0. The van der Waals surface area contributed by atoms with Crippen molar-refractivity contribution in [1.82, 2.24) is 0 Å². The smallest absolute Gasteiger partial charge is 0.348 e. The van der Waals surface area contributed by atoms with E-state index in [-0.39, 0.29) is 4.67 Å². The van der Waals surface area contributed by atoms with E-state index in [0.29, 0.717) is 27.6 Å². The van der Waals surface area contributed by atoms with Crippen molar-refractivity contribution in [2.24, 2.45) is 0 Å². The molecular weight excluding hydrogens is 364 g/mol. The van der Waals surface area contributed by atoms with Gasteiger partial charge in [-0.25, -0.2) is 4.79 Å². The molecule has 3 rings (SSSR count). The van der Waals surface area contributed by atoms with E-state index in [4.69, 9.17) is 21.7 Å². The Hall–Kier alpha value is -2.20. The van der Waals surface area contributed by atoms with Crippen LogP contribution >= 0.6 is 34.3 Å². The topological polar surface area (TPSA) is 73.9 Å². The Morgan fingerprint density at radius 2 is 2.04 bits per heavy atom. The van der Waals surface area contributed by atoms with Gasteiger partial charge in [-0.15, -0.1) is 22.7 Å². The van der Waals surface area contributed by atoms with E-state index < -0.39 is 5.97 Å². The minimum absolute atomic E-state index is 0.173. The molecule has 0 bridgehead atoms. The van der Waals surface area contributed by atoms with Gasteiger partial charge in [-0.3, -0.25) is 5.41 Å². The number of nitrogens with one attached hydrogen (secondary N) is 1. The number of esters is 1. The Labute approximate surface area is 151 Å². The number of carbonyl (C=O) groups is 1. The van der Waals surface area contributed by atoms with Gasteiger partial charge in [-0.05, 0) is 30.7 Å². The van der Waals surface area contributed by atoms with Crippen molar-refractivity contribution in [3.63, 3.8) is 0 Å². The molecule has 4 nitrogen and oxygen atoms in total. The SMILES string of the molecule is CCOC(=O)c1cc2c(-c3ccc(Cl)cc3)c(C#N)c(=N)sc2s1. The molecule has 0 aliphatic rings. The molecule has 0 unspecified atom stereocenters. The molecule has 24 heavy (non-hydrogen) atoms. The fourth-order valence-electron chi connectivity index (χ4n) is 2.34. The van der Waals surface area contributed by atoms with Crippen LogP contribution in [0, 0.1) is 16.7 Å². The first-order valence-corrected chi connectivity index (χ1v) is 9.04. The third-order valence-corrected chi connectivity index (χ3v) is 5.84. The van der Waals surface area contributed by atoms with Gasteiger partial charge < -0.3 is 4.74 Å². The van der Waals surface area contributed by atoms with Gasteiger partial charge in [0.2, 0.25) is 0 Å². The zero-order valence-corrected chi connectivity index (χ0v) is 14.9. The summed E-state index contributed by atoms with van der Waals surface area (Å²) in [5, 5.41) is 19.0. The van der Waals surface area contributed by atoms with Crippen LogP contribution in [0.2, 0.25) is 5.02 Å². The molecule has 0 saturated carbocycles. The summed E-state index contributed by atoms with van der Waals surface area (Å²) in [4.78, 5) is 12.5. The molecule has 0 fully saturated rings. The monoisotopic (exact) mass is 374 g/mol. The lowest BCUT2D eigenvalue weighted by molar-refractivity contribution is 0.0532. The number of benzene rings is 1. The third-order valence-electron chi connectivity index (χ3n) is 3.36. The molecule has 0 atom stereocenters. The minimum atomic E-state index is -0.391. The van der Waals surface area contributed by atoms with Crippen LogP contribution in [0.1, 0.15) is 22.2 Å². The van der Waals surface area contributed by atoms with Crippen LogP contribution in [-0.4, -0.2) is 12.6 Å². The van der Waals surface area contributed by atoms with Gasteiger partial charge in [0.05, 0.1) is 16.2 Å². The standard InChI is InChI=1S/C17H11ClN2O2S2/c1-2-22-16(21)13-7-11-14(9-3-5-10(18)6-4-9)12(8-19)15(20)24-17(11)23-13/h3-7,20H,2H2,1H3. The second-order valence-electron chi connectivity index (χ2n) is 4.83. The molecular formula is C17H11ClN2O2S2. The number of thiophene rings is 1. The lowest BCUT2D eigenvalue weighted by Gasteiger charge is -2.06. The average molecular weight is 375 g/mol. The van der Waals surface area contributed by atoms with Gasteiger partial charge in [-0.2, -0.15) is 5.26 Å². The molecule has 0 radical (unpaired) electrons. The zero-order valence-electron chi connectivity index (χ0n) is 12.6. The Balaban J connectivity index is 2.32. The molecule has 3 aromatic rings. The highest BCUT2D eigenvalue weighted by atomic mass is 35.5. The second-order valence-corrected chi connectivity index (χ2v) is 7.60. The number of hydrogen-bond donors (Lipinski definition) is 1. The molecule has 2 aromatic heterocycles. The molecule has 1 aromatic carbocycles. The minimum Gasteiger partial charge on any atom is -0.462 e. The van der Waals surface area contributed by atoms with Gasteiger partial charge in [-0.1, -0.05) is 23.7 Å². The van der Waals surface area contributed by atoms with Crippen LogP contribution < -0.4 is 4.67 Å². The summed E-state index contributed by atoms with van der Waals surface area (Å²) in [6, 6.07) is 10.9. The highest BCUT2D eigenvalue weighted by Crippen LogP contribution is 2.37. The van der Waals surface area contributed by atoms with Crippen LogP contribution in [0.3, 0.4) is 0 Å². The number of fused-ring (bicyclic) bond motifs is 1. The average Bonchev–Trinajstić information content (AvgIpc) is 2.98. The molecule has 2 heterocycles. The van der Waals surface area contributed by atoms with Crippen molar-refractivity contribution in [3.8, 4) is 17.2 Å². The normalized spacial score (nSPS) is 10.5. The van der Waals surface area contributed by atoms with Crippen molar-refractivity contribution in [3.05, 3.63) is 50.5 Å². The maximum absolute atomic E-state index is 12.0. The predicted molar refractivity (Wildman–Crippen MR) is 96.7 cm³/mol. The number of halogens is 1. The van der Waals surface area contributed by atoms with Crippen LogP contribution in [0.4, 0.5) is 0 Å². The number of nitrogens with zero attached hydrogens (tertiary/aromatic N) is 1. The maximum Gasteiger partial charge on any atom is 0.348 e. The first-order chi connectivity index (χ1) is 11.5. The Morgan fingerprint density at radius 3 is 2.67 bits per heavy atom. The van der Waals surface area contributed by atoms with Crippen LogP contribution in [0.5, 0.6) is 0 Å². The van der Waals surface area contributed by atoms with E-state index >= 15 is 0 Å². The van der Waals surface area contributed by atoms with E-state index in [0.717, 1.165) is 15.0 Å². The Morgan fingerprint density at radius 1 is 1.33 bits per heavy atom. The highest BCUT2D eigenvalue weighted by molar-refractivity contribution is 7.37. The molecule has 0 saturated heterocycles. The fraction of sp³-hybridized carbons (Fsp3) is 0.118. The van der Waals surface area contributed by atoms with Crippen molar-refractivity contribution in [2.45, 2.75) is 6.92 Å². The summed E-state index contributed by atoms with van der Waals surface area (Å²) < 4.78 is 6.04. The summed E-state index contributed by atoms with van der Waals surface area (Å²) in [5.41, 5.74) is 1.73. The quantitative estimate of drug-likeness (QED) is 0.668. The van der Waals surface area contributed by atoms with Crippen molar-refractivity contribution in [1.29, 1.82) is 10.7 Å². The molecule has 120 valence electrons. The van der Waals surface area contributed by atoms with E-state index in [9.17, 15) is 10.1 Å². The van der Waals surface area contributed by atoms with Crippen LogP contribution in [-0.2, 0) is 4.74 Å². The van der Waals surface area contributed by atoms with E-state index in [1.165, 1.54) is 22.7 Å². The molecule has 0 aliphatic heterocycles. The molecule has 1 N–H and O–H groups in total. The summed E-state index contributed by atoms with van der Waals surface area (Å²) in [7, 11) is 0. The number of ether oxygens (including phenoxy) is 1. The lowest BCUT2D eigenvalue weighted by atomic mass is 10.0. The molecule has 0 amide bonds. The van der Waals surface area contributed by atoms with Crippen LogP contribution in [0.15, 0.2) is 30.3 Å². The van der Waals surface area contributed by atoms with E-state index in [2.05, 4.69) is 6.07 Å². The Kier molecular flexibility index (Phi) is 4.67. The van der Waals surface area contributed by atoms with Crippen molar-refractivity contribution < 1.29 is 9.53 Å². The first kappa shape index (κ1) is 16.7. The number of hydrogen-bond acceptors (Lipinski definition) is 6. The van der Waals surface area contributed by atoms with E-state index in [1.807, 2.05) is 12.1 Å². The zero-order chi connectivity index (χ0) is 17.3. The number of carbonyl (C=O) groups excluding carboxylic acids is 1. The van der Waals surface area contributed by atoms with Gasteiger partial charge in [0.15, 0.2) is 0 Å². The largest absolute Gasteiger partial charge is 0.462 e. The second kappa shape index (κ2) is 6.73. The summed E-state index contributed by atoms with van der Waals surface area (Å²) in [5.74, 6) is -0.391. The summed E-state index contributed by atoms with van der Waals surface area (Å²) >= 11 is 8.41. The van der Waals surface area contributed by atoms with Crippen LogP contribution in [0.25, 0.3) is 20.5 Å². The predicted octanol–water partition coefficient (Wildman–Crippen LogP) is 4.81. The summed E-state index contributed by atoms with van der Waals surface area (Å²) in [6.07, 6.45) is 0. The number of rotatable bonds is 3. The van der Waals surface area contributed by atoms with Gasteiger partial charge in [0, 0.05) is 16.0 Å². The molecule has 7 heteroatoms.